The average Bonchev–Trinajstić information content (AvgIpc) is 3.90. The first-order valence-corrected chi connectivity index (χ1v) is 19.0. The molecule has 0 aliphatic carbocycles. The topological polar surface area (TPSA) is 32.8 Å². The first kappa shape index (κ1) is 31.0. The molecule has 6 heteroatoms. The van der Waals surface area contributed by atoms with Gasteiger partial charge in [-0.05, 0) is 97.1 Å². The number of hydrogen-bond donors (Lipinski definition) is 0. The molecular weight excluding hydrogens is 704 g/mol. The molecule has 0 aliphatic rings. The molecule has 4 nitrogen and oxygen atoms in total. The van der Waals surface area contributed by atoms with Gasteiger partial charge in [-0.15, -0.1) is 11.3 Å². The van der Waals surface area contributed by atoms with Gasteiger partial charge in [-0.3, -0.25) is 0 Å². The largest absolute Gasteiger partial charge is 0.456 e. The Morgan fingerprint density at radius 2 is 0.870 bits per heavy atom. The zero-order valence-corrected chi connectivity index (χ0v) is 30.3. The zero-order chi connectivity index (χ0) is 35.8. The Kier molecular flexibility index (Phi) is 7.06. The van der Waals surface area contributed by atoms with Gasteiger partial charge in [0.05, 0.1) is 5.02 Å². The summed E-state index contributed by atoms with van der Waals surface area (Å²) in [5.41, 5.74) is 9.54. The number of rotatable bonds is 6. The van der Waals surface area contributed by atoms with Crippen molar-refractivity contribution in [3.05, 3.63) is 181 Å². The summed E-state index contributed by atoms with van der Waals surface area (Å²) in [6, 6.07) is 61.2. The van der Waals surface area contributed by atoms with Crippen LogP contribution >= 0.6 is 22.9 Å². The first-order valence-electron chi connectivity index (χ1n) is 17.9. The van der Waals surface area contributed by atoms with E-state index in [4.69, 9.17) is 20.4 Å². The Morgan fingerprint density at radius 1 is 0.352 bits per heavy atom. The van der Waals surface area contributed by atoms with E-state index in [1.807, 2.05) is 24.3 Å². The van der Waals surface area contributed by atoms with E-state index in [1.165, 1.54) is 10.1 Å². The zero-order valence-electron chi connectivity index (χ0n) is 28.7. The van der Waals surface area contributed by atoms with Gasteiger partial charge in [0.2, 0.25) is 0 Å². The van der Waals surface area contributed by atoms with E-state index in [-0.39, 0.29) is 0 Å². The monoisotopic (exact) mass is 732 g/mol. The molecule has 11 rings (SSSR count). The van der Waals surface area contributed by atoms with Gasteiger partial charge in [-0.25, -0.2) is 0 Å². The van der Waals surface area contributed by atoms with Crippen molar-refractivity contribution < 1.29 is 8.83 Å². The third kappa shape index (κ3) is 4.97. The van der Waals surface area contributed by atoms with Crippen LogP contribution in [0, 0.1) is 0 Å². The maximum absolute atomic E-state index is 7.08. The predicted molar refractivity (Wildman–Crippen MR) is 228 cm³/mol. The molecule has 0 spiro atoms. The van der Waals surface area contributed by atoms with Crippen LogP contribution in [0.15, 0.2) is 185 Å². The molecule has 3 heterocycles. The molecule has 0 saturated carbocycles. The van der Waals surface area contributed by atoms with Crippen LogP contribution in [-0.4, -0.2) is 0 Å². The molecule has 0 amide bonds. The van der Waals surface area contributed by atoms with Gasteiger partial charge in [0.25, 0.3) is 0 Å². The van der Waals surface area contributed by atoms with Crippen molar-refractivity contribution in [1.29, 1.82) is 0 Å². The lowest BCUT2D eigenvalue weighted by atomic mass is 10.1. The molecular formula is C48H29ClN2O2S. The first-order chi connectivity index (χ1) is 26.7. The van der Waals surface area contributed by atoms with Gasteiger partial charge in [0, 0.05) is 81.9 Å². The smallest absolute Gasteiger partial charge is 0.137 e. The van der Waals surface area contributed by atoms with Crippen molar-refractivity contribution in [2.75, 3.05) is 9.80 Å². The van der Waals surface area contributed by atoms with Crippen molar-refractivity contribution >= 4 is 121 Å². The molecule has 0 aliphatic heterocycles. The summed E-state index contributed by atoms with van der Waals surface area (Å²) in [5, 5.41) is 7.30. The average molecular weight is 733 g/mol. The highest BCUT2D eigenvalue weighted by Gasteiger charge is 2.20. The van der Waals surface area contributed by atoms with Crippen LogP contribution in [0.4, 0.5) is 34.1 Å². The van der Waals surface area contributed by atoms with E-state index in [9.17, 15) is 0 Å². The number of thiophene rings is 1. The van der Waals surface area contributed by atoms with Gasteiger partial charge in [0.1, 0.15) is 22.3 Å². The van der Waals surface area contributed by atoms with Gasteiger partial charge in [0.15, 0.2) is 0 Å². The fraction of sp³-hybridized carbons (Fsp3) is 0. The van der Waals surface area contributed by atoms with Crippen LogP contribution in [-0.2, 0) is 0 Å². The lowest BCUT2D eigenvalue weighted by Crippen LogP contribution is -2.09. The van der Waals surface area contributed by atoms with Crippen LogP contribution < -0.4 is 9.80 Å². The van der Waals surface area contributed by atoms with E-state index in [0.29, 0.717) is 0 Å². The summed E-state index contributed by atoms with van der Waals surface area (Å²) in [6.45, 7) is 0. The maximum atomic E-state index is 7.08. The Balaban J connectivity index is 1.05. The third-order valence-corrected chi connectivity index (χ3v) is 11.7. The number of hydrogen-bond acceptors (Lipinski definition) is 5. The predicted octanol–water partition coefficient (Wildman–Crippen LogP) is 15.4. The van der Waals surface area contributed by atoms with Crippen molar-refractivity contribution in [3.63, 3.8) is 0 Å². The van der Waals surface area contributed by atoms with E-state index in [2.05, 4.69) is 161 Å². The second kappa shape index (κ2) is 12.3. The Hall–Kier alpha value is -6.53. The molecule has 0 unspecified atom stereocenters. The summed E-state index contributed by atoms with van der Waals surface area (Å²) >= 11 is 8.85. The van der Waals surface area contributed by atoms with Crippen LogP contribution in [0.5, 0.6) is 0 Å². The van der Waals surface area contributed by atoms with Crippen LogP contribution in [0.1, 0.15) is 0 Å². The standard InChI is InChI=1S/C48H29ClN2O2S/c49-41-27-35(29-47-48(41)38-16-8-10-18-46(38)54-47)51(31-13-5-2-6-14-31)34-19-22-37-40-26-33(21-24-44(40)53-45(37)28-34)50(30-11-3-1-4-12-30)32-20-23-43-39(25-32)36-15-7-9-17-42(36)52-43/h1-29H. The van der Waals surface area contributed by atoms with Crippen molar-refractivity contribution in [2.24, 2.45) is 0 Å². The van der Waals surface area contributed by atoms with Crippen LogP contribution in [0.25, 0.3) is 64.0 Å². The highest BCUT2D eigenvalue weighted by molar-refractivity contribution is 7.26. The van der Waals surface area contributed by atoms with Crippen molar-refractivity contribution in [2.45, 2.75) is 0 Å². The van der Waals surface area contributed by atoms with Gasteiger partial charge >= 0.3 is 0 Å². The van der Waals surface area contributed by atoms with E-state index in [0.717, 1.165) is 93.1 Å². The Labute approximate surface area is 319 Å². The second-order valence-corrected chi connectivity index (χ2v) is 15.0. The van der Waals surface area contributed by atoms with E-state index in [1.54, 1.807) is 11.3 Å². The molecule has 0 radical (unpaired) electrons. The third-order valence-electron chi connectivity index (χ3n) is 10.3. The number of nitrogens with zero attached hydrogens (tertiary/aromatic N) is 2. The SMILES string of the molecule is Clc1cc(N(c2ccccc2)c2ccc3c(c2)oc2ccc(N(c4ccccc4)c4ccc5oc6ccccc6c5c4)cc23)cc2sc3ccccc3c12. The normalized spacial score (nSPS) is 11.8. The molecule has 54 heavy (non-hydrogen) atoms. The van der Waals surface area contributed by atoms with Gasteiger partial charge < -0.3 is 18.6 Å². The highest BCUT2D eigenvalue weighted by atomic mass is 35.5. The Morgan fingerprint density at radius 3 is 1.57 bits per heavy atom. The van der Waals surface area contributed by atoms with E-state index >= 15 is 0 Å². The lowest BCUT2D eigenvalue weighted by molar-refractivity contribution is 0.668. The number of halogens is 1. The minimum absolute atomic E-state index is 0.737. The minimum atomic E-state index is 0.737. The molecule has 256 valence electrons. The molecule has 11 aromatic rings. The number of anilines is 6. The summed E-state index contributed by atoms with van der Waals surface area (Å²) in [7, 11) is 0. The van der Waals surface area contributed by atoms with Crippen LogP contribution in [0.2, 0.25) is 5.02 Å². The fourth-order valence-electron chi connectivity index (χ4n) is 7.85. The second-order valence-electron chi connectivity index (χ2n) is 13.5. The van der Waals surface area contributed by atoms with Crippen molar-refractivity contribution in [1.82, 2.24) is 0 Å². The number of para-hydroxylation sites is 3. The lowest BCUT2D eigenvalue weighted by Gasteiger charge is -2.26. The summed E-state index contributed by atoms with van der Waals surface area (Å²) < 4.78 is 15.2. The fourth-order valence-corrected chi connectivity index (χ4v) is 9.39. The molecule has 0 saturated heterocycles. The summed E-state index contributed by atoms with van der Waals surface area (Å²) in [6.07, 6.45) is 0. The highest BCUT2D eigenvalue weighted by Crippen LogP contribution is 2.46. The molecule has 8 aromatic carbocycles. The Bertz CT molecular complexity index is 3200. The molecule has 0 fully saturated rings. The molecule has 0 atom stereocenters. The van der Waals surface area contributed by atoms with E-state index < -0.39 is 0 Å². The van der Waals surface area contributed by atoms with Gasteiger partial charge in [-0.1, -0.05) is 84.4 Å². The number of furan rings is 2. The van der Waals surface area contributed by atoms with Crippen LogP contribution in [0.3, 0.4) is 0 Å². The van der Waals surface area contributed by atoms with Crippen molar-refractivity contribution in [3.8, 4) is 0 Å². The maximum Gasteiger partial charge on any atom is 0.137 e. The molecule has 0 N–H and O–H groups in total. The number of fused-ring (bicyclic) bond motifs is 9. The molecule has 0 bridgehead atoms. The minimum Gasteiger partial charge on any atom is -0.456 e. The summed E-state index contributed by atoms with van der Waals surface area (Å²) in [4.78, 5) is 4.54. The summed E-state index contributed by atoms with van der Waals surface area (Å²) in [5.74, 6) is 0. The molecule has 3 aromatic heterocycles. The number of benzene rings is 8. The van der Waals surface area contributed by atoms with Gasteiger partial charge in [-0.2, -0.15) is 0 Å². The quantitative estimate of drug-likeness (QED) is 0.170.